The second kappa shape index (κ2) is 9.23. The molecule has 0 spiro atoms. The first-order chi connectivity index (χ1) is 14.7. The molecule has 0 heterocycles. The lowest BCUT2D eigenvalue weighted by Crippen LogP contribution is -1.93. The van der Waals surface area contributed by atoms with E-state index < -0.39 is 0 Å². The van der Waals surface area contributed by atoms with Gasteiger partial charge < -0.3 is 5.32 Å². The normalized spacial score (nSPS) is 12.7. The fourth-order valence-corrected chi connectivity index (χ4v) is 3.39. The van der Waals surface area contributed by atoms with Gasteiger partial charge in [0.25, 0.3) is 0 Å². The van der Waals surface area contributed by atoms with Crippen molar-refractivity contribution in [1.29, 1.82) is 0 Å². The van der Waals surface area contributed by atoms with Gasteiger partial charge in [-0.15, -0.1) is 0 Å². The Balaban J connectivity index is 1.37. The SMILES string of the molecule is CN=C1C=CC(=Cc2ccc(Nc3ccc(Cc4ccc(C)cc4)cc3)cc2)C=C1. The summed E-state index contributed by atoms with van der Waals surface area (Å²) in [6, 6.07) is 25.9. The summed E-state index contributed by atoms with van der Waals surface area (Å²) in [6.07, 6.45) is 11.4. The average Bonchev–Trinajstić information content (AvgIpc) is 2.78. The summed E-state index contributed by atoms with van der Waals surface area (Å²) in [6.45, 7) is 2.12. The van der Waals surface area contributed by atoms with Gasteiger partial charge in [-0.25, -0.2) is 0 Å². The van der Waals surface area contributed by atoms with Crippen LogP contribution in [0.3, 0.4) is 0 Å². The predicted molar refractivity (Wildman–Crippen MR) is 130 cm³/mol. The van der Waals surface area contributed by atoms with E-state index in [0.29, 0.717) is 0 Å². The fraction of sp³-hybridized carbons (Fsp3) is 0.107. The molecule has 0 radical (unpaired) electrons. The van der Waals surface area contributed by atoms with Crippen LogP contribution >= 0.6 is 0 Å². The van der Waals surface area contributed by atoms with Gasteiger partial charge in [0.1, 0.15) is 0 Å². The zero-order chi connectivity index (χ0) is 20.8. The molecule has 4 rings (SSSR count). The van der Waals surface area contributed by atoms with Crippen LogP contribution in [0.1, 0.15) is 22.3 Å². The number of benzene rings is 3. The molecule has 1 aliphatic rings. The van der Waals surface area contributed by atoms with Gasteiger partial charge in [-0.1, -0.05) is 66.2 Å². The maximum Gasteiger partial charge on any atom is 0.0571 e. The minimum atomic E-state index is 0.957. The molecule has 2 nitrogen and oxygen atoms in total. The van der Waals surface area contributed by atoms with E-state index in [-0.39, 0.29) is 0 Å². The van der Waals surface area contributed by atoms with Crippen molar-refractivity contribution in [3.63, 3.8) is 0 Å². The van der Waals surface area contributed by atoms with Crippen molar-refractivity contribution in [2.45, 2.75) is 13.3 Å². The highest BCUT2D eigenvalue weighted by Gasteiger charge is 2.00. The lowest BCUT2D eigenvalue weighted by molar-refractivity contribution is 1.19. The number of rotatable bonds is 5. The van der Waals surface area contributed by atoms with E-state index >= 15 is 0 Å². The number of aryl methyl sites for hydroxylation is 1. The van der Waals surface area contributed by atoms with Crippen LogP contribution in [-0.4, -0.2) is 12.8 Å². The quantitative estimate of drug-likeness (QED) is 0.503. The van der Waals surface area contributed by atoms with Crippen LogP contribution in [-0.2, 0) is 6.42 Å². The standard InChI is InChI=1S/C28H26N2/c1-21-3-5-22(6-4-21)19-24-9-15-27(16-10-24)30-28-17-11-25(12-18-28)20-23-7-13-26(29-2)14-8-23/h3-18,20,30H,19H2,1-2H3. The number of anilines is 2. The Morgan fingerprint density at radius 1 is 0.700 bits per heavy atom. The molecular weight excluding hydrogens is 364 g/mol. The average molecular weight is 391 g/mol. The molecule has 1 N–H and O–H groups in total. The molecule has 0 aromatic heterocycles. The van der Waals surface area contributed by atoms with Gasteiger partial charge >= 0.3 is 0 Å². The van der Waals surface area contributed by atoms with Crippen molar-refractivity contribution in [3.05, 3.63) is 125 Å². The van der Waals surface area contributed by atoms with Gasteiger partial charge in [-0.2, -0.15) is 0 Å². The summed E-state index contributed by atoms with van der Waals surface area (Å²) in [5, 5.41) is 3.48. The van der Waals surface area contributed by atoms with Crippen LogP contribution < -0.4 is 5.32 Å². The highest BCUT2D eigenvalue weighted by atomic mass is 14.9. The van der Waals surface area contributed by atoms with Crippen molar-refractivity contribution in [2.75, 3.05) is 12.4 Å². The first-order valence-electron chi connectivity index (χ1n) is 10.2. The maximum absolute atomic E-state index is 4.18. The van der Waals surface area contributed by atoms with Crippen LogP contribution in [0, 0.1) is 6.92 Å². The molecule has 30 heavy (non-hydrogen) atoms. The second-order valence-electron chi connectivity index (χ2n) is 7.57. The van der Waals surface area contributed by atoms with Crippen molar-refractivity contribution in [2.24, 2.45) is 4.99 Å². The third kappa shape index (κ3) is 5.24. The van der Waals surface area contributed by atoms with E-state index in [1.165, 1.54) is 27.8 Å². The summed E-state index contributed by atoms with van der Waals surface area (Å²) < 4.78 is 0. The first-order valence-corrected chi connectivity index (χ1v) is 10.2. The molecule has 0 saturated carbocycles. The lowest BCUT2D eigenvalue weighted by atomic mass is 10.0. The number of nitrogens with one attached hydrogen (secondary N) is 1. The van der Waals surface area contributed by atoms with Crippen molar-refractivity contribution in [3.8, 4) is 0 Å². The van der Waals surface area contributed by atoms with E-state index in [1.54, 1.807) is 0 Å². The summed E-state index contributed by atoms with van der Waals surface area (Å²) in [7, 11) is 1.81. The molecule has 0 fully saturated rings. The molecule has 3 aromatic rings. The first kappa shape index (κ1) is 19.7. The van der Waals surface area contributed by atoms with Gasteiger partial charge in [-0.3, -0.25) is 4.99 Å². The highest BCUT2D eigenvalue weighted by Crippen LogP contribution is 2.21. The Bertz CT molecular complexity index is 1090. The van der Waals surface area contributed by atoms with Crippen molar-refractivity contribution in [1.82, 2.24) is 0 Å². The van der Waals surface area contributed by atoms with Crippen LogP contribution in [0.2, 0.25) is 0 Å². The molecule has 0 amide bonds. The Morgan fingerprint density at radius 3 is 1.80 bits per heavy atom. The zero-order valence-electron chi connectivity index (χ0n) is 17.5. The van der Waals surface area contributed by atoms with Crippen LogP contribution in [0.5, 0.6) is 0 Å². The Morgan fingerprint density at radius 2 is 1.23 bits per heavy atom. The van der Waals surface area contributed by atoms with Crippen LogP contribution in [0.25, 0.3) is 6.08 Å². The minimum Gasteiger partial charge on any atom is -0.356 e. The van der Waals surface area contributed by atoms with Gasteiger partial charge in [-0.05, 0) is 78.1 Å². The van der Waals surface area contributed by atoms with E-state index in [1.807, 2.05) is 19.2 Å². The molecule has 148 valence electrons. The molecule has 0 bridgehead atoms. The third-order valence-electron chi connectivity index (χ3n) is 5.17. The largest absolute Gasteiger partial charge is 0.356 e. The van der Waals surface area contributed by atoms with Crippen LogP contribution in [0.15, 0.2) is 108 Å². The monoisotopic (exact) mass is 390 g/mol. The minimum absolute atomic E-state index is 0.957. The molecule has 0 atom stereocenters. The molecule has 3 aromatic carbocycles. The van der Waals surface area contributed by atoms with Crippen LogP contribution in [0.4, 0.5) is 11.4 Å². The Labute approximate surface area is 179 Å². The van der Waals surface area contributed by atoms with E-state index in [2.05, 4.69) is 108 Å². The van der Waals surface area contributed by atoms with Gasteiger partial charge in [0.2, 0.25) is 0 Å². The lowest BCUT2D eigenvalue weighted by Gasteiger charge is -2.09. The molecule has 1 aliphatic carbocycles. The number of hydrogen-bond donors (Lipinski definition) is 1. The summed E-state index contributed by atoms with van der Waals surface area (Å²) in [5.41, 5.74) is 9.48. The fourth-order valence-electron chi connectivity index (χ4n) is 3.39. The third-order valence-corrected chi connectivity index (χ3v) is 5.17. The number of hydrogen-bond acceptors (Lipinski definition) is 2. The zero-order valence-corrected chi connectivity index (χ0v) is 17.5. The maximum atomic E-state index is 4.18. The van der Waals surface area contributed by atoms with Gasteiger partial charge in [0.05, 0.1) is 5.71 Å². The smallest absolute Gasteiger partial charge is 0.0571 e. The molecule has 0 aliphatic heterocycles. The van der Waals surface area contributed by atoms with Crippen molar-refractivity contribution < 1.29 is 0 Å². The number of allylic oxidation sites excluding steroid dienone is 5. The molecule has 2 heteroatoms. The van der Waals surface area contributed by atoms with Gasteiger partial charge in [0, 0.05) is 18.4 Å². The topological polar surface area (TPSA) is 24.4 Å². The second-order valence-corrected chi connectivity index (χ2v) is 7.57. The Kier molecular flexibility index (Phi) is 6.05. The highest BCUT2D eigenvalue weighted by molar-refractivity contribution is 6.06. The molecule has 0 saturated heterocycles. The van der Waals surface area contributed by atoms with E-state index in [0.717, 1.165) is 23.5 Å². The molecule has 0 unspecified atom stereocenters. The van der Waals surface area contributed by atoms with Gasteiger partial charge in [0.15, 0.2) is 0 Å². The number of nitrogens with zero attached hydrogens (tertiary/aromatic N) is 1. The van der Waals surface area contributed by atoms with E-state index in [9.17, 15) is 0 Å². The summed E-state index contributed by atoms with van der Waals surface area (Å²) in [4.78, 5) is 4.18. The summed E-state index contributed by atoms with van der Waals surface area (Å²) >= 11 is 0. The number of aliphatic imine (C=N–C) groups is 1. The van der Waals surface area contributed by atoms with E-state index in [4.69, 9.17) is 0 Å². The van der Waals surface area contributed by atoms with Crippen molar-refractivity contribution >= 4 is 23.2 Å². The molecular formula is C28H26N2. The Hall–Kier alpha value is -3.65. The summed E-state index contributed by atoms with van der Waals surface area (Å²) in [5.74, 6) is 0. The predicted octanol–water partition coefficient (Wildman–Crippen LogP) is 6.91.